The van der Waals surface area contributed by atoms with Crippen molar-refractivity contribution in [2.75, 3.05) is 30.0 Å². The van der Waals surface area contributed by atoms with Crippen LogP contribution in [-0.2, 0) is 22.4 Å². The first-order valence-electron chi connectivity index (χ1n) is 9.96. The topological polar surface area (TPSA) is 62.7 Å². The van der Waals surface area contributed by atoms with Gasteiger partial charge >= 0.3 is 0 Å². The van der Waals surface area contributed by atoms with Crippen LogP contribution in [0.3, 0.4) is 0 Å². The predicted molar refractivity (Wildman–Crippen MR) is 115 cm³/mol. The molecular weight excluding hydrogens is 386 g/mol. The van der Waals surface area contributed by atoms with Crippen molar-refractivity contribution in [3.63, 3.8) is 0 Å². The lowest BCUT2D eigenvalue weighted by Crippen LogP contribution is -2.37. The van der Waals surface area contributed by atoms with Crippen molar-refractivity contribution in [1.82, 2.24) is 4.98 Å². The molecule has 1 saturated heterocycles. The van der Waals surface area contributed by atoms with Crippen LogP contribution in [0.25, 0.3) is 0 Å². The number of benzene rings is 1. The van der Waals surface area contributed by atoms with E-state index >= 15 is 0 Å². The molecule has 2 amide bonds. The Bertz CT molecular complexity index is 916. The summed E-state index contributed by atoms with van der Waals surface area (Å²) in [6.07, 6.45) is 6.24. The molecule has 2 heterocycles. The Balaban J connectivity index is 1.56. The summed E-state index contributed by atoms with van der Waals surface area (Å²) in [5.74, 6) is 0.0874. The van der Waals surface area contributed by atoms with Gasteiger partial charge in [-0.05, 0) is 37.8 Å². The zero-order chi connectivity index (χ0) is 20.4. The number of carbonyl (C=O) groups is 2. The number of thiazole rings is 1. The lowest BCUT2D eigenvalue weighted by atomic mass is 10.0. The van der Waals surface area contributed by atoms with Crippen LogP contribution in [0.15, 0.2) is 36.9 Å². The molecule has 0 bridgehead atoms. The summed E-state index contributed by atoms with van der Waals surface area (Å²) in [5.41, 5.74) is 1.83. The average Bonchev–Trinajstić information content (AvgIpc) is 3.34. The third-order valence-corrected chi connectivity index (χ3v) is 6.67. The largest absolute Gasteiger partial charge is 0.495 e. The molecule has 0 saturated carbocycles. The fourth-order valence-electron chi connectivity index (χ4n) is 4.02. The molecule has 4 rings (SSSR count). The van der Waals surface area contributed by atoms with Gasteiger partial charge in [-0.15, -0.1) is 17.9 Å². The van der Waals surface area contributed by atoms with Crippen LogP contribution < -0.4 is 14.5 Å². The van der Waals surface area contributed by atoms with Crippen molar-refractivity contribution in [1.29, 1.82) is 0 Å². The van der Waals surface area contributed by atoms with E-state index in [0.29, 0.717) is 24.5 Å². The zero-order valence-electron chi connectivity index (χ0n) is 16.6. The summed E-state index contributed by atoms with van der Waals surface area (Å²) < 4.78 is 5.39. The quantitative estimate of drug-likeness (QED) is 0.682. The van der Waals surface area contributed by atoms with Crippen molar-refractivity contribution < 1.29 is 14.3 Å². The molecule has 2 aromatic rings. The molecule has 6 nitrogen and oxygen atoms in total. The molecule has 29 heavy (non-hydrogen) atoms. The highest BCUT2D eigenvalue weighted by atomic mass is 32.1. The smallest absolute Gasteiger partial charge is 0.234 e. The Labute approximate surface area is 174 Å². The van der Waals surface area contributed by atoms with Gasteiger partial charge < -0.3 is 9.64 Å². The number of methoxy groups -OCH3 is 1. The number of aromatic nitrogens is 1. The van der Waals surface area contributed by atoms with Crippen LogP contribution in [0, 0.1) is 5.92 Å². The van der Waals surface area contributed by atoms with E-state index in [2.05, 4.69) is 6.58 Å². The zero-order valence-corrected chi connectivity index (χ0v) is 17.4. The van der Waals surface area contributed by atoms with Crippen LogP contribution in [0.4, 0.5) is 10.8 Å². The number of nitrogens with zero attached hydrogens (tertiary/aromatic N) is 3. The number of carbonyl (C=O) groups excluding carboxylic acids is 2. The van der Waals surface area contributed by atoms with Crippen molar-refractivity contribution in [3.05, 3.63) is 47.5 Å². The van der Waals surface area contributed by atoms with Gasteiger partial charge in [0.2, 0.25) is 11.8 Å². The van der Waals surface area contributed by atoms with Gasteiger partial charge in [-0.3, -0.25) is 14.5 Å². The van der Waals surface area contributed by atoms with Gasteiger partial charge in [0.15, 0.2) is 5.13 Å². The molecule has 2 aliphatic rings. The van der Waals surface area contributed by atoms with Gasteiger partial charge in [0.1, 0.15) is 5.75 Å². The number of rotatable bonds is 6. The number of fused-ring (bicyclic) bond motifs is 1. The van der Waals surface area contributed by atoms with Crippen molar-refractivity contribution in [2.24, 2.45) is 5.92 Å². The number of amides is 2. The molecule has 7 heteroatoms. The summed E-state index contributed by atoms with van der Waals surface area (Å²) in [6.45, 7) is 4.54. The Kier molecular flexibility index (Phi) is 5.67. The maximum absolute atomic E-state index is 13.4. The second-order valence-corrected chi connectivity index (χ2v) is 8.45. The first-order valence-corrected chi connectivity index (χ1v) is 10.8. The third-order valence-electron chi connectivity index (χ3n) is 5.49. The van der Waals surface area contributed by atoms with Gasteiger partial charge in [-0.25, -0.2) is 4.98 Å². The van der Waals surface area contributed by atoms with Crippen LogP contribution in [0.5, 0.6) is 5.75 Å². The number of aryl methyl sites for hydroxylation is 2. The molecule has 1 aliphatic carbocycles. The van der Waals surface area contributed by atoms with Gasteiger partial charge in [-0.2, -0.15) is 0 Å². The maximum atomic E-state index is 13.4. The SMILES string of the molecule is C=CCN(C(=O)C1CC(=O)N(c2ccccc2OC)C1)c1nc2c(s1)CCCC2. The average molecular weight is 412 g/mol. The molecule has 1 atom stereocenters. The summed E-state index contributed by atoms with van der Waals surface area (Å²) >= 11 is 1.60. The number of hydrogen-bond donors (Lipinski definition) is 0. The summed E-state index contributed by atoms with van der Waals surface area (Å²) in [7, 11) is 1.58. The molecule has 0 N–H and O–H groups in total. The molecule has 1 aromatic heterocycles. The second kappa shape index (κ2) is 8.37. The van der Waals surface area contributed by atoms with Crippen LogP contribution in [0.2, 0.25) is 0 Å². The highest BCUT2D eigenvalue weighted by Gasteiger charge is 2.39. The highest BCUT2D eigenvalue weighted by Crippen LogP contribution is 2.36. The Morgan fingerprint density at radius 1 is 1.38 bits per heavy atom. The van der Waals surface area contributed by atoms with E-state index in [0.717, 1.165) is 30.1 Å². The Morgan fingerprint density at radius 3 is 2.93 bits per heavy atom. The van der Waals surface area contributed by atoms with Crippen molar-refractivity contribution >= 4 is 34.0 Å². The standard InChI is InChI=1S/C22H25N3O3S/c1-3-12-24(22-23-16-8-4-7-11-19(16)29-22)21(27)15-13-20(26)25(14-15)17-9-5-6-10-18(17)28-2/h3,5-6,9-10,15H,1,4,7-8,11-14H2,2H3. The van der Waals surface area contributed by atoms with E-state index < -0.39 is 5.92 Å². The van der Waals surface area contributed by atoms with E-state index in [1.54, 1.807) is 34.3 Å². The van der Waals surface area contributed by atoms with E-state index in [1.807, 2.05) is 24.3 Å². The molecule has 1 fully saturated rings. The summed E-state index contributed by atoms with van der Waals surface area (Å²) in [4.78, 5) is 35.4. The van der Waals surface area contributed by atoms with E-state index in [-0.39, 0.29) is 18.2 Å². The van der Waals surface area contributed by atoms with Crippen LogP contribution >= 0.6 is 11.3 Å². The number of para-hydroxylation sites is 2. The first-order chi connectivity index (χ1) is 14.1. The fourth-order valence-corrected chi connectivity index (χ4v) is 5.19. The van der Waals surface area contributed by atoms with E-state index in [9.17, 15) is 9.59 Å². The van der Waals surface area contributed by atoms with Gasteiger partial charge in [-0.1, -0.05) is 18.2 Å². The molecule has 1 aromatic carbocycles. The van der Waals surface area contributed by atoms with Crippen LogP contribution in [-0.4, -0.2) is 37.0 Å². The lowest BCUT2D eigenvalue weighted by Gasteiger charge is -2.22. The molecule has 0 spiro atoms. The van der Waals surface area contributed by atoms with E-state index in [4.69, 9.17) is 9.72 Å². The van der Waals surface area contributed by atoms with E-state index in [1.165, 1.54) is 11.3 Å². The minimum atomic E-state index is -0.409. The van der Waals surface area contributed by atoms with Gasteiger partial charge in [0, 0.05) is 24.4 Å². The molecule has 1 aliphatic heterocycles. The monoisotopic (exact) mass is 411 g/mol. The van der Waals surface area contributed by atoms with Gasteiger partial charge in [0.05, 0.1) is 24.4 Å². The Hall–Kier alpha value is -2.67. The van der Waals surface area contributed by atoms with Gasteiger partial charge in [0.25, 0.3) is 0 Å². The number of anilines is 2. The maximum Gasteiger partial charge on any atom is 0.234 e. The third kappa shape index (κ3) is 3.79. The Morgan fingerprint density at radius 2 is 2.17 bits per heavy atom. The van der Waals surface area contributed by atoms with Crippen molar-refractivity contribution in [3.8, 4) is 5.75 Å². The highest BCUT2D eigenvalue weighted by molar-refractivity contribution is 7.16. The predicted octanol–water partition coefficient (Wildman–Crippen LogP) is 3.60. The fraction of sp³-hybridized carbons (Fsp3) is 0.409. The minimum absolute atomic E-state index is 0.0650. The summed E-state index contributed by atoms with van der Waals surface area (Å²) in [6, 6.07) is 7.40. The van der Waals surface area contributed by atoms with Crippen LogP contribution in [0.1, 0.15) is 29.8 Å². The number of ether oxygens (including phenoxy) is 1. The molecule has 0 radical (unpaired) electrons. The number of hydrogen-bond acceptors (Lipinski definition) is 5. The van der Waals surface area contributed by atoms with Crippen molar-refractivity contribution in [2.45, 2.75) is 32.1 Å². The molecule has 152 valence electrons. The lowest BCUT2D eigenvalue weighted by molar-refractivity contribution is -0.124. The minimum Gasteiger partial charge on any atom is -0.495 e. The first kappa shape index (κ1) is 19.6. The normalized spacial score (nSPS) is 18.4. The second-order valence-electron chi connectivity index (χ2n) is 7.39. The molecular formula is C22H25N3O3S. The summed E-state index contributed by atoms with van der Waals surface area (Å²) in [5, 5.41) is 0.727. The molecule has 1 unspecified atom stereocenters.